The summed E-state index contributed by atoms with van der Waals surface area (Å²) in [7, 11) is 1.98. The minimum absolute atomic E-state index is 0.0482. The molecule has 2 N–H and O–H groups in total. The summed E-state index contributed by atoms with van der Waals surface area (Å²) in [5, 5.41) is 13.3. The largest absolute Gasteiger partial charge is 0.396 e. The van der Waals surface area contributed by atoms with Gasteiger partial charge in [-0.2, -0.15) is 0 Å². The van der Waals surface area contributed by atoms with E-state index in [1.165, 1.54) is 0 Å². The number of allylic oxidation sites excluding steroid dienone is 1. The van der Waals surface area contributed by atoms with Crippen LogP contribution in [-0.2, 0) is 11.3 Å². The van der Waals surface area contributed by atoms with Gasteiger partial charge in [0.05, 0.1) is 12.0 Å². The summed E-state index contributed by atoms with van der Waals surface area (Å²) in [6.07, 6.45) is 3.66. The number of hydrogen-bond acceptors (Lipinski definition) is 4. The van der Waals surface area contributed by atoms with Gasteiger partial charge in [-0.3, -0.25) is 14.5 Å². The molecule has 1 fully saturated rings. The van der Waals surface area contributed by atoms with Crippen molar-refractivity contribution in [3.05, 3.63) is 94.4 Å². The Kier molecular flexibility index (Phi) is 5.94. The average molecular weight is 456 g/mol. The molecule has 2 bridgehead atoms. The minimum Gasteiger partial charge on any atom is -0.396 e. The van der Waals surface area contributed by atoms with Crippen molar-refractivity contribution < 1.29 is 9.90 Å². The highest BCUT2D eigenvalue weighted by atomic mass is 16.3. The van der Waals surface area contributed by atoms with Gasteiger partial charge in [0.2, 0.25) is 5.91 Å². The highest BCUT2D eigenvalue weighted by Gasteiger charge is 2.54. The summed E-state index contributed by atoms with van der Waals surface area (Å²) < 4.78 is 1.79. The Labute approximate surface area is 199 Å². The van der Waals surface area contributed by atoms with Crippen molar-refractivity contribution in [3.8, 4) is 11.1 Å². The molecule has 3 heterocycles. The number of hydrogen-bond donors (Lipinski definition) is 2. The topological polar surface area (TPSA) is 74.6 Å². The van der Waals surface area contributed by atoms with Crippen molar-refractivity contribution in [1.29, 1.82) is 0 Å². The van der Waals surface area contributed by atoms with E-state index in [1.807, 2.05) is 80.7 Å². The van der Waals surface area contributed by atoms with E-state index in [-0.39, 0.29) is 36.1 Å². The van der Waals surface area contributed by atoms with Crippen LogP contribution in [0, 0.1) is 11.8 Å². The lowest BCUT2D eigenvalue weighted by Crippen LogP contribution is -2.44. The molecule has 2 aliphatic rings. The Morgan fingerprint density at radius 3 is 2.44 bits per heavy atom. The molecule has 0 saturated carbocycles. The van der Waals surface area contributed by atoms with Gasteiger partial charge in [0.1, 0.15) is 0 Å². The van der Waals surface area contributed by atoms with Crippen LogP contribution >= 0.6 is 0 Å². The van der Waals surface area contributed by atoms with Crippen LogP contribution in [0.15, 0.2) is 77.6 Å². The predicted octanol–water partition coefficient (Wildman–Crippen LogP) is 3.78. The molecule has 1 aromatic heterocycles. The number of carbonyl (C=O) groups excluding carboxylic acids is 1. The second-order valence-corrected chi connectivity index (χ2v) is 9.11. The molecule has 34 heavy (non-hydrogen) atoms. The van der Waals surface area contributed by atoms with Gasteiger partial charge in [-0.1, -0.05) is 54.6 Å². The third-order valence-corrected chi connectivity index (χ3v) is 7.29. The standard InChI is InChI=1S/C28H29N3O3/c1-3-7-20-12-15-23-26-25(22(17-32)24(30(26)2)16-31(23)28(20)34)27(33)29-21-13-10-19(11-14-21)18-8-5-4-6-9-18/h3-15,22,24-26,32H,16-17H2,1-2H3,(H,29,33)/b7-3-/t22-,24-,25+,26+/m0/s1. The zero-order valence-corrected chi connectivity index (χ0v) is 19.4. The summed E-state index contributed by atoms with van der Waals surface area (Å²) in [6, 6.07) is 21.3. The molecule has 3 aromatic rings. The zero-order valence-electron chi connectivity index (χ0n) is 19.4. The quantitative estimate of drug-likeness (QED) is 0.614. The van der Waals surface area contributed by atoms with Gasteiger partial charge in [0.15, 0.2) is 0 Å². The second-order valence-electron chi connectivity index (χ2n) is 9.11. The van der Waals surface area contributed by atoms with Crippen LogP contribution in [0.3, 0.4) is 0 Å². The van der Waals surface area contributed by atoms with Gasteiger partial charge in [-0.25, -0.2) is 0 Å². The Morgan fingerprint density at radius 1 is 1.06 bits per heavy atom. The van der Waals surface area contributed by atoms with Crippen molar-refractivity contribution >= 4 is 17.7 Å². The summed E-state index contributed by atoms with van der Waals surface area (Å²) >= 11 is 0. The first-order valence-corrected chi connectivity index (χ1v) is 11.7. The number of nitrogens with one attached hydrogen (secondary N) is 1. The second kappa shape index (κ2) is 9.05. The van der Waals surface area contributed by atoms with Gasteiger partial charge in [-0.15, -0.1) is 0 Å². The molecule has 1 saturated heterocycles. The van der Waals surface area contributed by atoms with Gasteiger partial charge in [0, 0.05) is 42.1 Å². The number of amides is 1. The molecule has 4 atom stereocenters. The highest BCUT2D eigenvalue weighted by Crippen LogP contribution is 2.47. The molecule has 174 valence electrons. The monoisotopic (exact) mass is 455 g/mol. The lowest BCUT2D eigenvalue weighted by molar-refractivity contribution is -0.122. The van der Waals surface area contributed by atoms with Crippen LogP contribution in [0.5, 0.6) is 0 Å². The predicted molar refractivity (Wildman–Crippen MR) is 134 cm³/mol. The van der Waals surface area contributed by atoms with Crippen molar-refractivity contribution in [2.75, 3.05) is 19.0 Å². The van der Waals surface area contributed by atoms with Gasteiger partial charge >= 0.3 is 0 Å². The van der Waals surface area contributed by atoms with E-state index in [4.69, 9.17) is 0 Å². The lowest BCUT2D eigenvalue weighted by atomic mass is 9.86. The molecular formula is C28H29N3O3. The Hall–Kier alpha value is -3.48. The number of nitrogens with zero attached hydrogens (tertiary/aromatic N) is 2. The number of aliphatic hydroxyl groups excluding tert-OH is 1. The third-order valence-electron chi connectivity index (χ3n) is 7.29. The number of rotatable bonds is 5. The smallest absolute Gasteiger partial charge is 0.258 e. The Balaban J connectivity index is 1.44. The fourth-order valence-corrected chi connectivity index (χ4v) is 5.62. The van der Waals surface area contributed by atoms with Crippen LogP contribution in [-0.4, -0.2) is 40.2 Å². The number of aromatic nitrogens is 1. The first-order valence-electron chi connectivity index (χ1n) is 11.7. The van der Waals surface area contributed by atoms with Crippen molar-refractivity contribution in [1.82, 2.24) is 9.47 Å². The van der Waals surface area contributed by atoms with E-state index in [2.05, 4.69) is 22.3 Å². The molecule has 2 aliphatic heterocycles. The van der Waals surface area contributed by atoms with E-state index < -0.39 is 5.92 Å². The Bertz CT molecular complexity index is 1280. The van der Waals surface area contributed by atoms with E-state index in [1.54, 1.807) is 4.57 Å². The summed E-state index contributed by atoms with van der Waals surface area (Å²) in [5.74, 6) is -0.859. The number of carbonyl (C=O) groups is 1. The Morgan fingerprint density at radius 2 is 1.76 bits per heavy atom. The molecule has 0 radical (unpaired) electrons. The maximum absolute atomic E-state index is 13.5. The van der Waals surface area contributed by atoms with Crippen LogP contribution in [0.4, 0.5) is 5.69 Å². The van der Waals surface area contributed by atoms with Gasteiger partial charge in [-0.05, 0) is 49.4 Å². The number of fused-ring (bicyclic) bond motifs is 4. The van der Waals surface area contributed by atoms with Crippen LogP contribution < -0.4 is 10.9 Å². The number of benzene rings is 2. The molecule has 6 heteroatoms. The molecule has 6 nitrogen and oxygen atoms in total. The van der Waals surface area contributed by atoms with E-state index in [9.17, 15) is 14.7 Å². The molecule has 0 unspecified atom stereocenters. The molecule has 5 rings (SSSR count). The third kappa shape index (κ3) is 3.69. The fourth-order valence-electron chi connectivity index (χ4n) is 5.62. The maximum Gasteiger partial charge on any atom is 0.258 e. The normalized spacial score (nSPS) is 23.7. The molecule has 0 spiro atoms. The summed E-state index contributed by atoms with van der Waals surface area (Å²) in [4.78, 5) is 28.8. The summed E-state index contributed by atoms with van der Waals surface area (Å²) in [5.41, 5.74) is 4.32. The first kappa shape index (κ1) is 22.3. The van der Waals surface area contributed by atoms with Crippen LogP contribution in [0.2, 0.25) is 0 Å². The summed E-state index contributed by atoms with van der Waals surface area (Å²) in [6.45, 7) is 2.24. The minimum atomic E-state index is -0.463. The molecule has 1 amide bonds. The zero-order chi connectivity index (χ0) is 23.8. The molecule has 0 aliphatic carbocycles. The average Bonchev–Trinajstić information content (AvgIpc) is 3.03. The number of aliphatic hydroxyl groups is 1. The van der Waals surface area contributed by atoms with E-state index >= 15 is 0 Å². The van der Waals surface area contributed by atoms with E-state index in [0.29, 0.717) is 17.8 Å². The molecular weight excluding hydrogens is 426 g/mol. The SMILES string of the molecule is C/C=C\c1ccc2n(c1=O)C[C@H]1[C@H](CO)[C@@H](C(=O)Nc3ccc(-c4ccccc4)cc3)[C@@H]2N1C. The molecule has 2 aromatic carbocycles. The highest BCUT2D eigenvalue weighted by molar-refractivity contribution is 5.94. The van der Waals surface area contributed by atoms with Crippen molar-refractivity contribution in [3.63, 3.8) is 0 Å². The first-order chi connectivity index (χ1) is 16.5. The van der Waals surface area contributed by atoms with Crippen molar-refractivity contribution in [2.45, 2.75) is 25.6 Å². The van der Waals surface area contributed by atoms with Crippen LogP contribution in [0.1, 0.15) is 24.2 Å². The van der Waals surface area contributed by atoms with Crippen molar-refractivity contribution in [2.24, 2.45) is 11.8 Å². The number of pyridine rings is 1. The van der Waals surface area contributed by atoms with Crippen LogP contribution in [0.25, 0.3) is 17.2 Å². The van der Waals surface area contributed by atoms with E-state index in [0.717, 1.165) is 16.8 Å². The fraction of sp³-hybridized carbons (Fsp3) is 0.286. The lowest BCUT2D eigenvalue weighted by Gasteiger charge is -2.35. The number of anilines is 1. The number of likely N-dealkylation sites (N-methyl/N-ethyl adjacent to an activating group) is 1. The van der Waals surface area contributed by atoms with Gasteiger partial charge in [0.25, 0.3) is 5.56 Å². The maximum atomic E-state index is 13.5. The van der Waals surface area contributed by atoms with Gasteiger partial charge < -0.3 is 15.0 Å².